The fourth-order valence-electron chi connectivity index (χ4n) is 1.05. The first kappa shape index (κ1) is 9.57. The van der Waals surface area contributed by atoms with Crippen molar-refractivity contribution < 1.29 is 4.79 Å². The molecule has 0 amide bonds. The number of aldehydes is 1. The van der Waals surface area contributed by atoms with Crippen LogP contribution in [0.2, 0.25) is 0 Å². The number of rotatable bonds is 3. The number of carbonyl (C=O) groups excluding carboxylic acids is 1. The molecule has 4 nitrogen and oxygen atoms in total. The van der Waals surface area contributed by atoms with E-state index in [2.05, 4.69) is 0 Å². The summed E-state index contributed by atoms with van der Waals surface area (Å²) in [5, 5.41) is 5.57. The fraction of sp³-hybridized carbons (Fsp3) is 0.571. The zero-order valence-electron chi connectivity index (χ0n) is 7.52. The van der Waals surface area contributed by atoms with Crippen LogP contribution in [0.5, 0.6) is 0 Å². The third-order valence-electron chi connectivity index (χ3n) is 1.51. The molecule has 5 heteroatoms. The lowest BCUT2D eigenvalue weighted by atomic mass is 10.5. The highest BCUT2D eigenvalue weighted by molar-refractivity contribution is 8.00. The van der Waals surface area contributed by atoms with Crippen LogP contribution in [0.1, 0.15) is 6.92 Å². The summed E-state index contributed by atoms with van der Waals surface area (Å²) in [4.78, 5) is 10.6. The second kappa shape index (κ2) is 3.93. The van der Waals surface area contributed by atoms with E-state index in [1.54, 1.807) is 0 Å². The van der Waals surface area contributed by atoms with Crippen molar-refractivity contribution in [2.75, 3.05) is 20.6 Å². The summed E-state index contributed by atoms with van der Waals surface area (Å²) < 4.78 is 2.00. The Balaban J connectivity index is 2.73. The average Bonchev–Trinajstić information content (AvgIpc) is 2.46. The van der Waals surface area contributed by atoms with Gasteiger partial charge in [-0.15, -0.1) is 4.41 Å². The maximum Gasteiger partial charge on any atom is 0.169 e. The molecule has 0 fully saturated rings. The highest BCUT2D eigenvalue weighted by Crippen LogP contribution is 2.27. The van der Waals surface area contributed by atoms with Crippen molar-refractivity contribution in [2.45, 2.75) is 6.92 Å². The summed E-state index contributed by atoms with van der Waals surface area (Å²) in [6, 6.07) is 0. The van der Waals surface area contributed by atoms with Crippen LogP contribution in [0.25, 0.3) is 0 Å². The van der Waals surface area contributed by atoms with E-state index in [-0.39, 0.29) is 0 Å². The molecule has 0 aromatic rings. The average molecular weight is 187 g/mol. The minimum Gasteiger partial charge on any atom is -0.296 e. The fourth-order valence-corrected chi connectivity index (χ4v) is 1.91. The van der Waals surface area contributed by atoms with Gasteiger partial charge in [-0.05, 0) is 18.9 Å². The van der Waals surface area contributed by atoms with Crippen LogP contribution in [0, 0.1) is 0 Å². The van der Waals surface area contributed by atoms with Gasteiger partial charge in [0.15, 0.2) is 6.29 Å². The summed E-state index contributed by atoms with van der Waals surface area (Å²) in [6.45, 7) is 2.92. The van der Waals surface area contributed by atoms with Gasteiger partial charge in [0, 0.05) is 26.0 Å². The minimum atomic E-state index is 0.687. The molecule has 12 heavy (non-hydrogen) atoms. The topological polar surface area (TPSA) is 26.8 Å². The highest BCUT2D eigenvalue weighted by atomic mass is 32.2. The van der Waals surface area contributed by atoms with Crippen molar-refractivity contribution in [1.82, 2.24) is 14.5 Å². The van der Waals surface area contributed by atoms with Crippen molar-refractivity contribution in [1.29, 1.82) is 0 Å². The van der Waals surface area contributed by atoms with E-state index in [1.807, 2.05) is 41.0 Å². The van der Waals surface area contributed by atoms with Crippen molar-refractivity contribution in [3.63, 3.8) is 0 Å². The molecular weight excluding hydrogens is 174 g/mol. The highest BCUT2D eigenvalue weighted by Gasteiger charge is 2.24. The monoisotopic (exact) mass is 187 g/mol. The van der Waals surface area contributed by atoms with E-state index in [0.717, 1.165) is 12.8 Å². The molecule has 1 aliphatic rings. The van der Waals surface area contributed by atoms with Gasteiger partial charge in [0.05, 0.1) is 0 Å². The third-order valence-corrected chi connectivity index (χ3v) is 2.51. The Morgan fingerprint density at radius 2 is 2.33 bits per heavy atom. The van der Waals surface area contributed by atoms with Gasteiger partial charge >= 0.3 is 0 Å². The lowest BCUT2D eigenvalue weighted by Gasteiger charge is -2.33. The van der Waals surface area contributed by atoms with E-state index in [9.17, 15) is 4.79 Å². The molecular formula is C7H13N3OS. The van der Waals surface area contributed by atoms with Gasteiger partial charge in [0.1, 0.15) is 5.70 Å². The van der Waals surface area contributed by atoms with Crippen LogP contribution >= 0.6 is 11.9 Å². The van der Waals surface area contributed by atoms with Gasteiger partial charge in [-0.1, -0.05) is 0 Å². The molecule has 0 aromatic heterocycles. The predicted octanol–water partition coefficient (Wildman–Crippen LogP) is 0.704. The molecule has 0 bridgehead atoms. The molecule has 0 saturated heterocycles. The van der Waals surface area contributed by atoms with Crippen molar-refractivity contribution in [3.05, 3.63) is 11.1 Å². The zero-order chi connectivity index (χ0) is 9.14. The largest absolute Gasteiger partial charge is 0.296 e. The summed E-state index contributed by atoms with van der Waals surface area (Å²) in [5.74, 6) is 0. The van der Waals surface area contributed by atoms with E-state index in [1.165, 1.54) is 11.9 Å². The lowest BCUT2D eigenvalue weighted by molar-refractivity contribution is -0.114. The third kappa shape index (κ3) is 1.63. The minimum absolute atomic E-state index is 0.687. The van der Waals surface area contributed by atoms with Crippen molar-refractivity contribution >= 4 is 18.2 Å². The molecule has 0 atom stereocenters. The smallest absolute Gasteiger partial charge is 0.169 e. The summed E-state index contributed by atoms with van der Waals surface area (Å²) in [7, 11) is 3.82. The normalized spacial score (nSPS) is 18.7. The number of hydrazine groups is 2. The zero-order valence-corrected chi connectivity index (χ0v) is 8.34. The Kier molecular flexibility index (Phi) is 3.13. The molecule has 0 N–H and O–H groups in total. The van der Waals surface area contributed by atoms with Gasteiger partial charge in [0.25, 0.3) is 0 Å². The standard InChI is InChI=1S/C7H13N3OS/c1-4-9-10(8(2)3)7(5-11)6-12-9/h5-6H,4H2,1-3H3. The summed E-state index contributed by atoms with van der Waals surface area (Å²) in [6.07, 6.45) is 0.864. The van der Waals surface area contributed by atoms with Gasteiger partial charge in [-0.25, -0.2) is 10.1 Å². The molecule has 0 spiro atoms. The van der Waals surface area contributed by atoms with E-state index in [0.29, 0.717) is 5.70 Å². The number of carbonyl (C=O) groups is 1. The quantitative estimate of drug-likeness (QED) is 0.479. The van der Waals surface area contributed by atoms with Crippen LogP contribution in [0.3, 0.4) is 0 Å². The molecule has 68 valence electrons. The van der Waals surface area contributed by atoms with Crippen molar-refractivity contribution in [2.24, 2.45) is 0 Å². The Hall–Kier alpha value is -0.520. The SMILES string of the molecule is CCN1SC=C(C=O)N1N(C)C. The summed E-state index contributed by atoms with van der Waals surface area (Å²) in [5.41, 5.74) is 0.687. The molecule has 0 saturated carbocycles. The van der Waals surface area contributed by atoms with Crippen LogP contribution in [0.4, 0.5) is 0 Å². The lowest BCUT2D eigenvalue weighted by Crippen LogP contribution is -2.43. The first-order chi connectivity index (χ1) is 5.70. The second-order valence-corrected chi connectivity index (χ2v) is 3.44. The molecule has 0 unspecified atom stereocenters. The first-order valence-corrected chi connectivity index (χ1v) is 4.61. The number of allylic oxidation sites excluding steroid dienone is 1. The van der Waals surface area contributed by atoms with Gasteiger partial charge in [0.2, 0.25) is 0 Å². The van der Waals surface area contributed by atoms with E-state index >= 15 is 0 Å². The van der Waals surface area contributed by atoms with Gasteiger partial charge in [-0.2, -0.15) is 0 Å². The van der Waals surface area contributed by atoms with Crippen LogP contribution < -0.4 is 0 Å². The number of hydrogen-bond donors (Lipinski definition) is 0. The van der Waals surface area contributed by atoms with Crippen LogP contribution in [0.15, 0.2) is 11.1 Å². The molecule has 0 aromatic carbocycles. The van der Waals surface area contributed by atoms with Gasteiger partial charge in [-0.3, -0.25) is 4.79 Å². The van der Waals surface area contributed by atoms with E-state index in [4.69, 9.17) is 0 Å². The Morgan fingerprint density at radius 1 is 1.67 bits per heavy atom. The number of hydrogen-bond acceptors (Lipinski definition) is 5. The Labute approximate surface area is 76.9 Å². The maximum atomic E-state index is 10.6. The molecule has 0 radical (unpaired) electrons. The molecule has 1 aliphatic heterocycles. The van der Waals surface area contributed by atoms with Gasteiger partial charge < -0.3 is 0 Å². The molecule has 1 heterocycles. The number of nitrogens with zero attached hydrogens (tertiary/aromatic N) is 3. The van der Waals surface area contributed by atoms with Crippen LogP contribution in [-0.2, 0) is 4.79 Å². The van der Waals surface area contributed by atoms with Crippen LogP contribution in [-0.4, -0.2) is 41.5 Å². The van der Waals surface area contributed by atoms with E-state index < -0.39 is 0 Å². The molecule has 0 aliphatic carbocycles. The molecule has 1 rings (SSSR count). The van der Waals surface area contributed by atoms with Crippen molar-refractivity contribution in [3.8, 4) is 0 Å². The predicted molar refractivity (Wildman–Crippen MR) is 49.6 cm³/mol. The second-order valence-electron chi connectivity index (χ2n) is 2.57. The maximum absolute atomic E-state index is 10.6. The summed E-state index contributed by atoms with van der Waals surface area (Å²) >= 11 is 1.54. The Morgan fingerprint density at radius 3 is 2.75 bits per heavy atom. The Bertz CT molecular complexity index is 205. The first-order valence-electron chi connectivity index (χ1n) is 3.77.